The molecule has 0 radical (unpaired) electrons. The molecule has 1 atom stereocenters. The molecule has 4 heteroatoms. The zero-order valence-electron chi connectivity index (χ0n) is 12.7. The van der Waals surface area contributed by atoms with E-state index in [-0.39, 0.29) is 12.1 Å². The Morgan fingerprint density at radius 2 is 1.72 bits per heavy atom. The van der Waals surface area contributed by atoms with Crippen molar-refractivity contribution in [3.8, 4) is 0 Å². The van der Waals surface area contributed by atoms with Crippen molar-refractivity contribution in [3.63, 3.8) is 0 Å². The molecule has 0 heterocycles. The monoisotopic (exact) mass is 272 g/mol. The lowest BCUT2D eigenvalue weighted by Crippen LogP contribution is -2.47. The Labute approximate surface area is 113 Å². The summed E-state index contributed by atoms with van der Waals surface area (Å²) in [6.07, 6.45) is 1.45. The lowest BCUT2D eigenvalue weighted by molar-refractivity contribution is -0.154. The molecule has 1 unspecified atom stereocenters. The number of methoxy groups -OCH3 is 1. The Bertz CT molecular complexity index is 274. The number of carbonyl (C=O) groups is 1. The van der Waals surface area contributed by atoms with E-state index in [4.69, 9.17) is 9.16 Å². The molecule has 3 nitrogen and oxygen atoms in total. The van der Waals surface area contributed by atoms with Crippen LogP contribution in [0.4, 0.5) is 0 Å². The van der Waals surface area contributed by atoms with Crippen LogP contribution in [-0.2, 0) is 14.0 Å². The summed E-state index contributed by atoms with van der Waals surface area (Å²) in [7, 11) is -0.338. The van der Waals surface area contributed by atoms with E-state index in [2.05, 4.69) is 27.4 Å². The summed E-state index contributed by atoms with van der Waals surface area (Å²) in [4.78, 5) is 11.9. The van der Waals surface area contributed by atoms with Crippen molar-refractivity contribution in [1.82, 2.24) is 0 Å². The molecule has 0 amide bonds. The first kappa shape index (κ1) is 17.4. The van der Waals surface area contributed by atoms with E-state index >= 15 is 0 Å². The number of carbonyl (C=O) groups excluding carboxylic acids is 1. The van der Waals surface area contributed by atoms with Gasteiger partial charge in [-0.15, -0.1) is 6.58 Å². The average molecular weight is 272 g/mol. The maximum absolute atomic E-state index is 11.9. The number of hydrogen-bond acceptors (Lipinski definition) is 3. The molecule has 0 saturated heterocycles. The smallest absolute Gasteiger partial charge is 0.314 e. The van der Waals surface area contributed by atoms with E-state index in [1.54, 1.807) is 6.08 Å². The average Bonchev–Trinajstić information content (AvgIpc) is 2.39. The van der Waals surface area contributed by atoms with Crippen molar-refractivity contribution in [2.75, 3.05) is 7.11 Å². The van der Waals surface area contributed by atoms with Gasteiger partial charge in [-0.05, 0) is 32.0 Å². The molecular formula is C14H28O3Si. The number of ether oxygens (including phenoxy) is 1. The normalized spacial score (nSPS) is 14.1. The fourth-order valence-electron chi connectivity index (χ4n) is 2.14. The molecule has 0 fully saturated rings. The molecule has 0 saturated carbocycles. The lowest BCUT2D eigenvalue weighted by atomic mass is 9.87. The molecule has 106 valence electrons. The van der Waals surface area contributed by atoms with E-state index in [0.717, 1.165) is 18.1 Å². The molecule has 0 aromatic rings. The van der Waals surface area contributed by atoms with Crippen molar-refractivity contribution < 1.29 is 14.0 Å². The van der Waals surface area contributed by atoms with Crippen LogP contribution in [0.15, 0.2) is 12.7 Å². The third-order valence-electron chi connectivity index (χ3n) is 3.95. The Balaban J connectivity index is 5.11. The van der Waals surface area contributed by atoms with E-state index in [9.17, 15) is 4.79 Å². The fourth-order valence-corrected chi connectivity index (χ4v) is 5.07. The summed E-state index contributed by atoms with van der Waals surface area (Å²) in [5, 5.41) is 0. The van der Waals surface area contributed by atoms with E-state index in [0.29, 0.717) is 0 Å². The molecule has 0 spiro atoms. The molecule has 0 bridgehead atoms. The van der Waals surface area contributed by atoms with Crippen LogP contribution in [0.5, 0.6) is 0 Å². The van der Waals surface area contributed by atoms with Crippen LogP contribution in [-0.4, -0.2) is 27.5 Å². The van der Waals surface area contributed by atoms with Gasteiger partial charge in [-0.2, -0.15) is 0 Å². The second-order valence-electron chi connectivity index (χ2n) is 5.23. The van der Waals surface area contributed by atoms with Gasteiger partial charge in [0.15, 0.2) is 8.32 Å². The van der Waals surface area contributed by atoms with Crippen LogP contribution < -0.4 is 0 Å². The molecule has 0 aromatic carbocycles. The highest BCUT2D eigenvalue weighted by Gasteiger charge is 2.42. The number of esters is 1. The third-order valence-corrected chi connectivity index (χ3v) is 8.57. The molecule has 0 N–H and O–H groups in total. The first-order valence-electron chi connectivity index (χ1n) is 6.72. The van der Waals surface area contributed by atoms with Gasteiger partial charge >= 0.3 is 5.97 Å². The summed E-state index contributed by atoms with van der Waals surface area (Å²) < 4.78 is 11.2. The van der Waals surface area contributed by atoms with Crippen molar-refractivity contribution in [1.29, 1.82) is 0 Å². The molecule has 0 aliphatic heterocycles. The van der Waals surface area contributed by atoms with Gasteiger partial charge in [0.1, 0.15) is 0 Å². The standard InChI is InChI=1S/C14H28O3Si/c1-8-12(14(5,6)13(15)16-7)17-18(9-2,10-3)11-4/h8,12H,1,9-11H2,2-7H3. The van der Waals surface area contributed by atoms with Crippen molar-refractivity contribution in [2.45, 2.75) is 58.9 Å². The van der Waals surface area contributed by atoms with Crippen LogP contribution in [0.25, 0.3) is 0 Å². The Kier molecular flexibility index (Phi) is 6.85. The highest BCUT2D eigenvalue weighted by molar-refractivity contribution is 6.73. The van der Waals surface area contributed by atoms with E-state index in [1.807, 2.05) is 13.8 Å². The van der Waals surface area contributed by atoms with E-state index < -0.39 is 13.7 Å². The first-order chi connectivity index (χ1) is 8.33. The molecule has 0 aliphatic rings. The van der Waals surface area contributed by atoms with Gasteiger partial charge in [-0.3, -0.25) is 4.79 Å². The van der Waals surface area contributed by atoms with Crippen molar-refractivity contribution >= 4 is 14.3 Å². The van der Waals surface area contributed by atoms with E-state index in [1.165, 1.54) is 7.11 Å². The minimum atomic E-state index is -1.75. The maximum Gasteiger partial charge on any atom is 0.314 e. The SMILES string of the molecule is C=CC(O[Si](CC)(CC)CC)C(C)(C)C(=O)OC. The summed E-state index contributed by atoms with van der Waals surface area (Å²) in [6, 6.07) is 3.17. The second-order valence-corrected chi connectivity index (χ2v) is 9.95. The van der Waals surface area contributed by atoms with Gasteiger partial charge in [0.2, 0.25) is 0 Å². The minimum absolute atomic E-state index is 0.251. The summed E-state index contributed by atoms with van der Waals surface area (Å²) in [6.45, 7) is 14.0. The molecule has 0 rings (SSSR count). The predicted molar refractivity (Wildman–Crippen MR) is 78.1 cm³/mol. The van der Waals surface area contributed by atoms with Gasteiger partial charge < -0.3 is 9.16 Å². The third kappa shape index (κ3) is 3.69. The predicted octanol–water partition coefficient (Wildman–Crippen LogP) is 3.76. The molecule has 0 aliphatic carbocycles. The molecule has 18 heavy (non-hydrogen) atoms. The quantitative estimate of drug-likeness (QED) is 0.383. The van der Waals surface area contributed by atoms with Gasteiger partial charge in [0, 0.05) is 0 Å². The van der Waals surface area contributed by atoms with Gasteiger partial charge in [0.05, 0.1) is 18.6 Å². The topological polar surface area (TPSA) is 35.5 Å². The molecular weight excluding hydrogens is 244 g/mol. The van der Waals surface area contributed by atoms with Crippen molar-refractivity contribution in [3.05, 3.63) is 12.7 Å². The molecule has 0 aromatic heterocycles. The van der Waals surface area contributed by atoms with Crippen LogP contribution >= 0.6 is 0 Å². The Morgan fingerprint density at radius 1 is 1.28 bits per heavy atom. The number of rotatable bonds is 8. The Hall–Kier alpha value is -0.613. The van der Waals surface area contributed by atoms with Crippen LogP contribution in [0.2, 0.25) is 18.1 Å². The minimum Gasteiger partial charge on any atom is -0.469 e. The fraction of sp³-hybridized carbons (Fsp3) is 0.786. The van der Waals surface area contributed by atoms with Crippen LogP contribution in [0.3, 0.4) is 0 Å². The maximum atomic E-state index is 11.9. The van der Waals surface area contributed by atoms with Crippen molar-refractivity contribution in [2.24, 2.45) is 5.41 Å². The Morgan fingerprint density at radius 3 is 2.00 bits per heavy atom. The van der Waals surface area contributed by atoms with Crippen LogP contribution in [0.1, 0.15) is 34.6 Å². The first-order valence-corrected chi connectivity index (χ1v) is 9.25. The summed E-state index contributed by atoms with van der Waals surface area (Å²) in [5.41, 5.74) is -0.686. The highest BCUT2D eigenvalue weighted by atomic mass is 28.4. The van der Waals surface area contributed by atoms with Gasteiger partial charge in [-0.1, -0.05) is 26.8 Å². The summed E-state index contributed by atoms with van der Waals surface area (Å²) in [5.74, 6) is -0.251. The zero-order valence-corrected chi connectivity index (χ0v) is 13.7. The largest absolute Gasteiger partial charge is 0.469 e. The number of hydrogen-bond donors (Lipinski definition) is 0. The van der Waals surface area contributed by atoms with Gasteiger partial charge in [-0.25, -0.2) is 0 Å². The summed E-state index contributed by atoms with van der Waals surface area (Å²) >= 11 is 0. The van der Waals surface area contributed by atoms with Gasteiger partial charge in [0.25, 0.3) is 0 Å². The lowest BCUT2D eigenvalue weighted by Gasteiger charge is -2.38. The second kappa shape index (κ2) is 7.09. The van der Waals surface area contributed by atoms with Crippen LogP contribution in [0, 0.1) is 5.41 Å². The zero-order chi connectivity index (χ0) is 14.4. The highest BCUT2D eigenvalue weighted by Crippen LogP contribution is 2.32.